The van der Waals surface area contributed by atoms with Gasteiger partial charge in [-0.2, -0.15) is 5.10 Å². The molecule has 0 atom stereocenters. The second kappa shape index (κ2) is 7.21. The van der Waals surface area contributed by atoms with Crippen molar-refractivity contribution in [2.24, 2.45) is 7.05 Å². The molecule has 5 rings (SSSR count). The third kappa shape index (κ3) is 3.00. The van der Waals surface area contributed by atoms with Crippen LogP contribution in [0.5, 0.6) is 0 Å². The first-order chi connectivity index (χ1) is 13.2. The van der Waals surface area contributed by atoms with Gasteiger partial charge in [0.25, 0.3) is 17.3 Å². The number of aromatic amines is 1. The molecule has 0 spiro atoms. The predicted molar refractivity (Wildman–Crippen MR) is 103 cm³/mol. The third-order valence-electron chi connectivity index (χ3n) is 4.98. The van der Waals surface area contributed by atoms with Gasteiger partial charge in [-0.3, -0.25) is 4.79 Å². The van der Waals surface area contributed by atoms with Crippen LogP contribution in [0.4, 0.5) is 0 Å². The van der Waals surface area contributed by atoms with Crippen LogP contribution in [-0.4, -0.2) is 47.4 Å². The molecule has 28 heavy (non-hydrogen) atoms. The fourth-order valence-corrected chi connectivity index (χ4v) is 3.58. The maximum absolute atomic E-state index is 12.3. The number of imidazole rings is 1. The van der Waals surface area contributed by atoms with E-state index in [1.807, 2.05) is 7.05 Å². The van der Waals surface area contributed by atoms with Crippen LogP contribution < -0.4 is 10.9 Å². The SMILES string of the molecule is Cl.Cn1cncc1-c1nnc(-c2cnn3c(C4CCNCC4)cc(=O)[nH]c23)o1. The van der Waals surface area contributed by atoms with Crippen LogP contribution in [0.2, 0.25) is 0 Å². The molecule has 0 unspecified atom stereocenters. The normalized spacial score (nSPS) is 15.0. The largest absolute Gasteiger partial charge is 0.414 e. The Bertz CT molecular complexity index is 1170. The van der Waals surface area contributed by atoms with E-state index in [-0.39, 0.29) is 23.9 Å². The first-order valence-electron chi connectivity index (χ1n) is 8.83. The van der Waals surface area contributed by atoms with Crippen LogP contribution in [0.15, 0.2) is 34.0 Å². The van der Waals surface area contributed by atoms with Gasteiger partial charge in [-0.1, -0.05) is 0 Å². The van der Waals surface area contributed by atoms with Crippen LogP contribution in [0.3, 0.4) is 0 Å². The highest BCUT2D eigenvalue weighted by Gasteiger charge is 2.23. The van der Waals surface area contributed by atoms with E-state index >= 15 is 0 Å². The Hall–Kier alpha value is -2.98. The van der Waals surface area contributed by atoms with E-state index in [0.29, 0.717) is 28.7 Å². The molecule has 11 heteroatoms. The molecule has 4 aromatic heterocycles. The zero-order valence-corrected chi connectivity index (χ0v) is 15.9. The number of nitrogens with zero attached hydrogens (tertiary/aromatic N) is 6. The highest BCUT2D eigenvalue weighted by molar-refractivity contribution is 5.85. The molecule has 4 aromatic rings. The molecular formula is C17H19ClN8O2. The van der Waals surface area contributed by atoms with Gasteiger partial charge in [0, 0.05) is 19.0 Å². The summed E-state index contributed by atoms with van der Waals surface area (Å²) >= 11 is 0. The van der Waals surface area contributed by atoms with Gasteiger partial charge in [0.2, 0.25) is 0 Å². The van der Waals surface area contributed by atoms with Gasteiger partial charge in [0.15, 0.2) is 0 Å². The van der Waals surface area contributed by atoms with Crippen molar-refractivity contribution in [1.82, 2.24) is 39.7 Å². The molecule has 146 valence electrons. The molecule has 2 N–H and O–H groups in total. The molecule has 0 radical (unpaired) electrons. The molecule has 10 nitrogen and oxygen atoms in total. The van der Waals surface area contributed by atoms with E-state index < -0.39 is 0 Å². The lowest BCUT2D eigenvalue weighted by Gasteiger charge is -2.23. The predicted octanol–water partition coefficient (Wildman–Crippen LogP) is 1.36. The Morgan fingerprint density at radius 3 is 2.71 bits per heavy atom. The topological polar surface area (TPSA) is 119 Å². The minimum absolute atomic E-state index is 0. The highest BCUT2D eigenvalue weighted by atomic mass is 35.5. The lowest BCUT2D eigenvalue weighted by Crippen LogP contribution is -2.28. The van der Waals surface area contributed by atoms with Gasteiger partial charge < -0.3 is 19.3 Å². The molecule has 5 heterocycles. The van der Waals surface area contributed by atoms with E-state index in [2.05, 4.69) is 30.6 Å². The Labute approximate surface area is 165 Å². The van der Waals surface area contributed by atoms with Gasteiger partial charge >= 0.3 is 0 Å². The van der Waals surface area contributed by atoms with E-state index in [0.717, 1.165) is 31.6 Å². The number of fused-ring (bicyclic) bond motifs is 1. The molecule has 1 saturated heterocycles. The molecule has 0 bridgehead atoms. The van der Waals surface area contributed by atoms with E-state index in [1.165, 1.54) is 0 Å². The molecule has 0 saturated carbocycles. The Balaban J connectivity index is 0.00000192. The summed E-state index contributed by atoms with van der Waals surface area (Å²) in [6.07, 6.45) is 6.91. The fraction of sp³-hybridized carbons (Fsp3) is 0.353. The average Bonchev–Trinajstić information content (AvgIpc) is 3.40. The maximum atomic E-state index is 12.3. The second-order valence-corrected chi connectivity index (χ2v) is 6.70. The number of aromatic nitrogens is 7. The van der Waals surface area contributed by atoms with Gasteiger partial charge in [-0.15, -0.1) is 22.6 Å². The van der Waals surface area contributed by atoms with Crippen LogP contribution in [0.1, 0.15) is 24.5 Å². The number of piperidine rings is 1. The number of hydrogen-bond acceptors (Lipinski definition) is 7. The Morgan fingerprint density at radius 2 is 1.96 bits per heavy atom. The van der Waals surface area contributed by atoms with Gasteiger partial charge in [0.1, 0.15) is 16.9 Å². The summed E-state index contributed by atoms with van der Waals surface area (Å²) < 4.78 is 9.39. The zero-order chi connectivity index (χ0) is 18.4. The Kier molecular flexibility index (Phi) is 4.73. The molecule has 1 aliphatic rings. The van der Waals surface area contributed by atoms with Crippen LogP contribution in [0.25, 0.3) is 28.7 Å². The lowest BCUT2D eigenvalue weighted by molar-refractivity contribution is 0.446. The number of halogens is 1. The van der Waals surface area contributed by atoms with Gasteiger partial charge in [-0.05, 0) is 25.9 Å². The summed E-state index contributed by atoms with van der Waals surface area (Å²) in [7, 11) is 1.85. The Morgan fingerprint density at radius 1 is 1.18 bits per heavy atom. The monoisotopic (exact) mass is 402 g/mol. The van der Waals surface area contributed by atoms with Crippen molar-refractivity contribution in [2.45, 2.75) is 18.8 Å². The van der Waals surface area contributed by atoms with Crippen LogP contribution >= 0.6 is 12.4 Å². The average molecular weight is 403 g/mol. The van der Waals surface area contributed by atoms with E-state index in [9.17, 15) is 4.79 Å². The van der Waals surface area contributed by atoms with Crippen LogP contribution in [-0.2, 0) is 7.05 Å². The molecule has 0 aliphatic carbocycles. The molecule has 0 aromatic carbocycles. The highest BCUT2D eigenvalue weighted by Crippen LogP contribution is 2.29. The molecular weight excluding hydrogens is 384 g/mol. The summed E-state index contributed by atoms with van der Waals surface area (Å²) in [6.45, 7) is 1.87. The summed E-state index contributed by atoms with van der Waals surface area (Å²) in [5.74, 6) is 0.956. The van der Waals surface area contributed by atoms with Crippen molar-refractivity contribution in [3.05, 3.63) is 40.8 Å². The van der Waals surface area contributed by atoms with Gasteiger partial charge in [0.05, 0.1) is 24.4 Å². The van der Waals surface area contributed by atoms with E-state index in [1.54, 1.807) is 33.9 Å². The van der Waals surface area contributed by atoms with Crippen molar-refractivity contribution in [3.8, 4) is 23.0 Å². The number of rotatable bonds is 3. The van der Waals surface area contributed by atoms with Crippen molar-refractivity contribution in [2.75, 3.05) is 13.1 Å². The minimum Gasteiger partial charge on any atom is -0.414 e. The first-order valence-corrected chi connectivity index (χ1v) is 8.83. The van der Waals surface area contributed by atoms with Crippen LogP contribution in [0, 0.1) is 0 Å². The number of aryl methyl sites for hydroxylation is 1. The third-order valence-corrected chi connectivity index (χ3v) is 4.98. The number of hydrogen-bond donors (Lipinski definition) is 2. The van der Waals surface area contributed by atoms with Crippen molar-refractivity contribution < 1.29 is 4.42 Å². The van der Waals surface area contributed by atoms with Crippen molar-refractivity contribution >= 4 is 18.1 Å². The molecule has 0 amide bonds. The first kappa shape index (κ1) is 18.4. The summed E-state index contributed by atoms with van der Waals surface area (Å²) in [4.78, 5) is 19.2. The quantitative estimate of drug-likeness (QED) is 0.531. The molecule has 1 aliphatic heterocycles. The standard InChI is InChI=1S/C17H18N8O2.ClH/c1-24-9-19-8-13(24)17-23-22-16(27-17)11-7-20-25-12(6-14(26)21-15(11)25)10-2-4-18-5-3-10;/h6-10,18H,2-5H2,1H3,(H,21,26);1H. The van der Waals surface area contributed by atoms with E-state index in [4.69, 9.17) is 4.42 Å². The van der Waals surface area contributed by atoms with Crippen molar-refractivity contribution in [1.29, 1.82) is 0 Å². The summed E-state index contributed by atoms with van der Waals surface area (Å²) in [6, 6.07) is 1.63. The van der Waals surface area contributed by atoms with Gasteiger partial charge in [-0.25, -0.2) is 9.50 Å². The molecule has 1 fully saturated rings. The summed E-state index contributed by atoms with van der Waals surface area (Å²) in [5.41, 5.74) is 2.63. The lowest BCUT2D eigenvalue weighted by atomic mass is 9.94. The minimum atomic E-state index is -0.163. The zero-order valence-electron chi connectivity index (χ0n) is 15.1. The van der Waals surface area contributed by atoms with Crippen molar-refractivity contribution in [3.63, 3.8) is 0 Å². The second-order valence-electron chi connectivity index (χ2n) is 6.70. The fourth-order valence-electron chi connectivity index (χ4n) is 3.58. The summed E-state index contributed by atoms with van der Waals surface area (Å²) in [5, 5.41) is 16.1. The maximum Gasteiger partial charge on any atom is 0.266 e. The number of nitrogens with one attached hydrogen (secondary N) is 2. The number of H-pyrrole nitrogens is 1. The smallest absolute Gasteiger partial charge is 0.266 e.